The van der Waals surface area contributed by atoms with Crippen molar-refractivity contribution < 1.29 is 0 Å². The van der Waals surface area contributed by atoms with Crippen LogP contribution in [0.25, 0.3) is 49.5 Å². The lowest BCUT2D eigenvalue weighted by molar-refractivity contribution is 1.33. The van der Waals surface area contributed by atoms with Crippen molar-refractivity contribution in [2.24, 2.45) is 9.98 Å². The minimum Gasteiger partial charge on any atom is -0.339 e. The number of allylic oxidation sites excluding steroid dienone is 1. The summed E-state index contributed by atoms with van der Waals surface area (Å²) in [5.74, 6) is 1.52. The lowest BCUT2D eigenvalue weighted by Gasteiger charge is -2.03. The quantitative estimate of drug-likeness (QED) is 0.186. The molecule has 0 aliphatic carbocycles. The van der Waals surface area contributed by atoms with Gasteiger partial charge in [0.25, 0.3) is 0 Å². The Labute approximate surface area is 270 Å². The Kier molecular flexibility index (Phi) is 7.23. The number of nitrogens with one attached hydrogen (secondary N) is 1. The zero-order valence-corrected chi connectivity index (χ0v) is 25.9. The third-order valence-electron chi connectivity index (χ3n) is 7.93. The number of aromatic nitrogens is 1. The normalized spacial score (nSPS) is 13.6. The van der Waals surface area contributed by atoms with Crippen LogP contribution in [-0.4, -0.2) is 16.5 Å². The van der Waals surface area contributed by atoms with E-state index in [0.717, 1.165) is 49.2 Å². The Morgan fingerprint density at radius 3 is 1.62 bits per heavy atom. The second kappa shape index (κ2) is 12.0. The number of thiophene rings is 2. The lowest BCUT2D eigenvalue weighted by atomic mass is 10.0. The van der Waals surface area contributed by atoms with Crippen LogP contribution in [0.15, 0.2) is 166 Å². The molecule has 3 nitrogen and oxygen atoms in total. The van der Waals surface area contributed by atoms with E-state index in [1.165, 1.54) is 22.3 Å². The first-order valence-electron chi connectivity index (χ1n) is 14.8. The first kappa shape index (κ1) is 27.2. The number of hydrogen-bond acceptors (Lipinski definition) is 3. The summed E-state index contributed by atoms with van der Waals surface area (Å²) in [5.41, 5.74) is 11.0. The van der Waals surface area contributed by atoms with Crippen LogP contribution in [0.1, 0.15) is 10.4 Å². The van der Waals surface area contributed by atoms with Crippen LogP contribution in [0.3, 0.4) is 0 Å². The van der Waals surface area contributed by atoms with Crippen molar-refractivity contribution >= 4 is 45.6 Å². The molecule has 1 N–H and O–H groups in total. The molecule has 0 bridgehead atoms. The second-order valence-corrected chi connectivity index (χ2v) is 12.7. The van der Waals surface area contributed by atoms with Crippen LogP contribution in [0.4, 0.5) is 5.82 Å². The molecule has 8 rings (SSSR count). The van der Waals surface area contributed by atoms with Crippen molar-refractivity contribution in [3.05, 3.63) is 167 Å². The molecule has 1 aliphatic heterocycles. The smallest absolute Gasteiger partial charge is 0.163 e. The van der Waals surface area contributed by atoms with Gasteiger partial charge < -0.3 is 4.98 Å². The predicted octanol–water partition coefficient (Wildman–Crippen LogP) is 11.4. The molecule has 0 spiro atoms. The predicted molar refractivity (Wildman–Crippen MR) is 193 cm³/mol. The Morgan fingerprint density at radius 1 is 0.511 bits per heavy atom. The molecule has 0 radical (unpaired) electrons. The van der Waals surface area contributed by atoms with Crippen molar-refractivity contribution in [3.63, 3.8) is 0 Å². The van der Waals surface area contributed by atoms with Gasteiger partial charge in [-0.1, -0.05) is 121 Å². The molecule has 0 fully saturated rings. The number of rotatable bonds is 7. The number of amidine groups is 1. The molecule has 0 unspecified atom stereocenters. The summed E-state index contributed by atoms with van der Waals surface area (Å²) in [4.78, 5) is 16.3. The molecule has 4 aromatic carbocycles. The van der Waals surface area contributed by atoms with Crippen molar-refractivity contribution in [1.29, 1.82) is 0 Å². The van der Waals surface area contributed by atoms with E-state index in [-0.39, 0.29) is 0 Å². The number of hydrogen-bond donors (Lipinski definition) is 1. The Balaban J connectivity index is 1.18. The van der Waals surface area contributed by atoms with Crippen LogP contribution < -0.4 is 0 Å². The molecule has 0 saturated carbocycles. The number of nitrogens with zero attached hydrogens (tertiary/aromatic N) is 2. The molecule has 5 heteroatoms. The Bertz CT molecular complexity index is 2150. The topological polar surface area (TPSA) is 40.5 Å². The van der Waals surface area contributed by atoms with Gasteiger partial charge in [-0.25, -0.2) is 9.98 Å². The maximum absolute atomic E-state index is 5.22. The van der Waals surface area contributed by atoms with Crippen molar-refractivity contribution in [1.82, 2.24) is 4.98 Å². The van der Waals surface area contributed by atoms with E-state index < -0.39 is 0 Å². The van der Waals surface area contributed by atoms with Crippen LogP contribution in [-0.2, 0) is 0 Å². The van der Waals surface area contributed by atoms with E-state index in [0.29, 0.717) is 5.84 Å². The fourth-order valence-corrected chi connectivity index (χ4v) is 7.09. The maximum atomic E-state index is 5.22. The average molecular weight is 614 g/mol. The van der Waals surface area contributed by atoms with E-state index in [4.69, 9.17) is 9.98 Å². The molecule has 0 amide bonds. The van der Waals surface area contributed by atoms with E-state index in [9.17, 15) is 0 Å². The van der Waals surface area contributed by atoms with E-state index >= 15 is 0 Å². The Hall–Kier alpha value is -5.36. The third kappa shape index (κ3) is 5.55. The summed E-state index contributed by atoms with van der Waals surface area (Å²) in [6, 6.07) is 48.9. The van der Waals surface area contributed by atoms with Gasteiger partial charge in [0.1, 0.15) is 5.82 Å². The highest BCUT2D eigenvalue weighted by Crippen LogP contribution is 2.39. The molecule has 0 saturated heterocycles. The zero-order valence-electron chi connectivity index (χ0n) is 24.2. The standard InChI is InChI=1S/C40H27N3S2/c1-3-9-27(10-4-1)29-15-19-31(20-16-29)35-25-33(37-13-7-23-44-37)39(41-35)43-40-34(38-14-8-24-45-38)26-36(42-40)32-21-17-30(18-22-32)28-11-5-2-6-12-28/h1-26,41H/b43-40-. The highest BCUT2D eigenvalue weighted by molar-refractivity contribution is 7.13. The van der Waals surface area contributed by atoms with Crippen molar-refractivity contribution in [2.75, 3.05) is 0 Å². The molecule has 1 aliphatic rings. The van der Waals surface area contributed by atoms with Crippen molar-refractivity contribution in [3.8, 4) is 44.0 Å². The van der Waals surface area contributed by atoms with Crippen molar-refractivity contribution in [2.45, 2.75) is 0 Å². The first-order chi connectivity index (χ1) is 22.3. The molecular weight excluding hydrogens is 587 g/mol. The maximum Gasteiger partial charge on any atom is 0.163 e. The largest absolute Gasteiger partial charge is 0.339 e. The summed E-state index contributed by atoms with van der Waals surface area (Å²) in [7, 11) is 0. The highest BCUT2D eigenvalue weighted by Gasteiger charge is 2.22. The van der Waals surface area contributed by atoms with Gasteiger partial charge in [-0.3, -0.25) is 0 Å². The second-order valence-electron chi connectivity index (χ2n) is 10.8. The fourth-order valence-electron chi connectivity index (χ4n) is 5.60. The van der Waals surface area contributed by atoms with Gasteiger partial charge in [-0.15, -0.1) is 22.7 Å². The minimum absolute atomic E-state index is 0.713. The van der Waals surface area contributed by atoms with E-state index in [2.05, 4.69) is 149 Å². The molecule has 45 heavy (non-hydrogen) atoms. The summed E-state index contributed by atoms with van der Waals surface area (Å²) in [5, 5.41) is 4.21. The zero-order chi connectivity index (χ0) is 30.0. The molecule has 0 atom stereocenters. The fraction of sp³-hybridized carbons (Fsp3) is 0. The summed E-state index contributed by atoms with van der Waals surface area (Å²) < 4.78 is 0. The monoisotopic (exact) mass is 613 g/mol. The molecule has 3 aromatic heterocycles. The average Bonchev–Trinajstić information content (AvgIpc) is 3.94. The van der Waals surface area contributed by atoms with Gasteiger partial charge in [0, 0.05) is 32.1 Å². The third-order valence-corrected chi connectivity index (χ3v) is 9.73. The summed E-state index contributed by atoms with van der Waals surface area (Å²) in [6.45, 7) is 0. The van der Waals surface area contributed by atoms with E-state index in [1.54, 1.807) is 22.7 Å². The number of aromatic amines is 1. The van der Waals surface area contributed by atoms with Gasteiger partial charge in [0.2, 0.25) is 0 Å². The molecule has 4 heterocycles. The molecule has 214 valence electrons. The molecule has 7 aromatic rings. The number of benzene rings is 4. The minimum atomic E-state index is 0.713. The van der Waals surface area contributed by atoms with Gasteiger partial charge >= 0.3 is 0 Å². The van der Waals surface area contributed by atoms with Crippen LogP contribution in [0, 0.1) is 0 Å². The van der Waals surface area contributed by atoms with Crippen LogP contribution in [0.2, 0.25) is 0 Å². The van der Waals surface area contributed by atoms with Crippen LogP contribution >= 0.6 is 22.7 Å². The highest BCUT2D eigenvalue weighted by atomic mass is 32.1. The Morgan fingerprint density at radius 2 is 1.04 bits per heavy atom. The van der Waals surface area contributed by atoms with Gasteiger partial charge in [-0.05, 0) is 62.9 Å². The first-order valence-corrected chi connectivity index (χ1v) is 16.6. The van der Waals surface area contributed by atoms with Gasteiger partial charge in [0.15, 0.2) is 5.84 Å². The molecular formula is C40H27N3S2. The van der Waals surface area contributed by atoms with E-state index in [1.807, 2.05) is 12.1 Å². The summed E-state index contributed by atoms with van der Waals surface area (Å²) in [6.07, 6.45) is 2.17. The summed E-state index contributed by atoms with van der Waals surface area (Å²) >= 11 is 3.42. The number of H-pyrrole nitrogens is 1. The van der Waals surface area contributed by atoms with Crippen LogP contribution in [0.5, 0.6) is 0 Å². The SMILES string of the molecule is C1=C(c2cccs2)/C(=N/c2[nH]c(-c3ccc(-c4ccccc4)cc3)cc2-c2cccs2)N=C1c1ccc(-c2ccccc2)cc1. The van der Waals surface area contributed by atoms with Gasteiger partial charge in [0.05, 0.1) is 5.71 Å². The van der Waals surface area contributed by atoms with Gasteiger partial charge in [-0.2, -0.15) is 0 Å². The lowest BCUT2D eigenvalue weighted by Crippen LogP contribution is -1.95. The number of aliphatic imine (C=N–C) groups is 2.